The van der Waals surface area contributed by atoms with Gasteiger partial charge < -0.3 is 0 Å². The van der Waals surface area contributed by atoms with Crippen LogP contribution in [0.4, 0.5) is 0 Å². The summed E-state index contributed by atoms with van der Waals surface area (Å²) in [6.07, 6.45) is 8.64. The Kier molecular flexibility index (Phi) is 6.46. The van der Waals surface area contributed by atoms with Crippen LogP contribution >= 0.6 is 0 Å². The number of unbranched alkanes of at least 4 members (excludes halogenated alkanes) is 1. The van der Waals surface area contributed by atoms with Gasteiger partial charge in [0.05, 0.1) is 0 Å². The van der Waals surface area contributed by atoms with Crippen molar-refractivity contribution in [2.45, 2.75) is 79.6 Å². The van der Waals surface area contributed by atoms with Crippen LogP contribution in [0.5, 0.6) is 0 Å². The molecule has 0 fully saturated rings. The van der Waals surface area contributed by atoms with E-state index in [1.54, 1.807) is 27.8 Å². The molecule has 0 heteroatoms. The average molecular weight is 246 g/mol. The molecule has 0 saturated carbocycles. The highest BCUT2D eigenvalue weighted by Gasteiger charge is 2.13. The molecule has 0 aliphatic carbocycles. The number of hydrogen-bond acceptors (Lipinski definition) is 0. The van der Waals surface area contributed by atoms with E-state index in [1.807, 2.05) is 0 Å². The second-order valence-corrected chi connectivity index (χ2v) is 5.15. The Bertz CT molecular complexity index is 374. The zero-order valence-electron chi connectivity index (χ0n) is 13.0. The van der Waals surface area contributed by atoms with E-state index in [0.29, 0.717) is 0 Å². The van der Waals surface area contributed by atoms with Crippen molar-refractivity contribution in [3.63, 3.8) is 0 Å². The van der Waals surface area contributed by atoms with Gasteiger partial charge in [0.1, 0.15) is 0 Å². The van der Waals surface area contributed by atoms with Gasteiger partial charge in [-0.1, -0.05) is 47.1 Å². The SMILES string of the molecule is CCCCc1cc(CC)c(CC)c(CC)c1CC. The zero-order valence-corrected chi connectivity index (χ0v) is 13.0. The molecule has 0 saturated heterocycles. The minimum absolute atomic E-state index is 1.18. The molecule has 0 aliphatic heterocycles. The third-order valence-corrected chi connectivity index (χ3v) is 4.09. The van der Waals surface area contributed by atoms with E-state index in [1.165, 1.54) is 44.9 Å². The minimum Gasteiger partial charge on any atom is -0.0654 e. The number of rotatable bonds is 7. The molecule has 0 heterocycles. The van der Waals surface area contributed by atoms with Crippen LogP contribution in [-0.2, 0) is 32.1 Å². The van der Waals surface area contributed by atoms with Crippen LogP contribution < -0.4 is 0 Å². The number of hydrogen-bond donors (Lipinski definition) is 0. The maximum Gasteiger partial charge on any atom is -0.0276 e. The summed E-state index contributed by atoms with van der Waals surface area (Å²) in [4.78, 5) is 0. The summed E-state index contributed by atoms with van der Waals surface area (Å²) in [6, 6.07) is 2.51. The van der Waals surface area contributed by atoms with Crippen molar-refractivity contribution in [2.75, 3.05) is 0 Å². The van der Waals surface area contributed by atoms with Crippen molar-refractivity contribution in [1.82, 2.24) is 0 Å². The quantitative estimate of drug-likeness (QED) is 0.614. The Hall–Kier alpha value is -0.780. The molecule has 1 rings (SSSR count). The van der Waals surface area contributed by atoms with Crippen molar-refractivity contribution in [3.05, 3.63) is 33.9 Å². The van der Waals surface area contributed by atoms with Crippen LogP contribution in [0.2, 0.25) is 0 Å². The van der Waals surface area contributed by atoms with Gasteiger partial charge in [-0.05, 0) is 66.3 Å². The van der Waals surface area contributed by atoms with Gasteiger partial charge in [-0.3, -0.25) is 0 Å². The molecule has 1 aromatic carbocycles. The Morgan fingerprint density at radius 3 is 1.67 bits per heavy atom. The van der Waals surface area contributed by atoms with E-state index in [2.05, 4.69) is 40.7 Å². The molecule has 0 radical (unpaired) electrons. The fourth-order valence-corrected chi connectivity index (χ4v) is 3.17. The lowest BCUT2D eigenvalue weighted by Gasteiger charge is -2.20. The van der Waals surface area contributed by atoms with Crippen molar-refractivity contribution >= 4 is 0 Å². The Morgan fingerprint density at radius 2 is 1.22 bits per heavy atom. The van der Waals surface area contributed by atoms with E-state index >= 15 is 0 Å². The third-order valence-electron chi connectivity index (χ3n) is 4.09. The van der Waals surface area contributed by atoms with Gasteiger partial charge >= 0.3 is 0 Å². The summed E-state index contributed by atoms with van der Waals surface area (Å²) in [6.45, 7) is 11.5. The summed E-state index contributed by atoms with van der Waals surface area (Å²) >= 11 is 0. The molecule has 102 valence electrons. The molecule has 0 spiro atoms. The van der Waals surface area contributed by atoms with Crippen LogP contribution in [0.3, 0.4) is 0 Å². The molecule has 18 heavy (non-hydrogen) atoms. The summed E-state index contributed by atoms with van der Waals surface area (Å²) in [7, 11) is 0. The summed E-state index contributed by atoms with van der Waals surface area (Å²) in [5.41, 5.74) is 8.17. The topological polar surface area (TPSA) is 0 Å². The van der Waals surface area contributed by atoms with Gasteiger partial charge in [0, 0.05) is 0 Å². The Labute approximate surface area is 114 Å². The van der Waals surface area contributed by atoms with Gasteiger partial charge in [-0.15, -0.1) is 0 Å². The van der Waals surface area contributed by atoms with Crippen LogP contribution in [0.1, 0.15) is 75.3 Å². The molecule has 0 nitrogen and oxygen atoms in total. The monoisotopic (exact) mass is 246 g/mol. The molecule has 0 N–H and O–H groups in total. The standard InChI is InChI=1S/C18H30/c1-6-11-12-15-13-14(7-2)16(8-3)18(10-5)17(15)9-4/h13H,6-12H2,1-5H3. The lowest BCUT2D eigenvalue weighted by molar-refractivity contribution is 0.779. The highest BCUT2D eigenvalue weighted by atomic mass is 14.2. The van der Waals surface area contributed by atoms with Crippen LogP contribution in [0, 0.1) is 0 Å². The van der Waals surface area contributed by atoms with Gasteiger partial charge in [0.25, 0.3) is 0 Å². The van der Waals surface area contributed by atoms with Crippen molar-refractivity contribution < 1.29 is 0 Å². The van der Waals surface area contributed by atoms with Gasteiger partial charge in [0.2, 0.25) is 0 Å². The fraction of sp³-hybridized carbons (Fsp3) is 0.667. The Balaban J connectivity index is 3.33. The fourth-order valence-electron chi connectivity index (χ4n) is 3.17. The Morgan fingerprint density at radius 1 is 0.667 bits per heavy atom. The first-order chi connectivity index (χ1) is 8.73. The highest BCUT2D eigenvalue weighted by Crippen LogP contribution is 2.27. The molecular formula is C18H30. The van der Waals surface area contributed by atoms with Crippen molar-refractivity contribution in [2.24, 2.45) is 0 Å². The van der Waals surface area contributed by atoms with E-state index in [-0.39, 0.29) is 0 Å². The van der Waals surface area contributed by atoms with Crippen LogP contribution in [-0.4, -0.2) is 0 Å². The van der Waals surface area contributed by atoms with E-state index < -0.39 is 0 Å². The number of benzene rings is 1. The summed E-state index contributed by atoms with van der Waals surface area (Å²) < 4.78 is 0. The normalized spacial score (nSPS) is 10.9. The van der Waals surface area contributed by atoms with E-state index in [0.717, 1.165) is 0 Å². The molecule has 0 aromatic heterocycles. The third kappa shape index (κ3) is 3.16. The molecule has 0 bridgehead atoms. The average Bonchev–Trinajstić information content (AvgIpc) is 2.42. The second-order valence-electron chi connectivity index (χ2n) is 5.15. The second kappa shape index (κ2) is 7.61. The van der Waals surface area contributed by atoms with Crippen molar-refractivity contribution in [3.8, 4) is 0 Å². The molecule has 0 atom stereocenters. The predicted molar refractivity (Wildman–Crippen MR) is 82.6 cm³/mol. The summed E-state index contributed by atoms with van der Waals surface area (Å²) in [5, 5.41) is 0. The van der Waals surface area contributed by atoms with Gasteiger partial charge in [-0.25, -0.2) is 0 Å². The van der Waals surface area contributed by atoms with E-state index in [9.17, 15) is 0 Å². The largest absolute Gasteiger partial charge is 0.0654 e. The van der Waals surface area contributed by atoms with Crippen LogP contribution in [0.25, 0.3) is 0 Å². The first-order valence-corrected chi connectivity index (χ1v) is 7.88. The molecule has 1 aromatic rings. The van der Waals surface area contributed by atoms with Crippen LogP contribution in [0.15, 0.2) is 6.07 Å². The van der Waals surface area contributed by atoms with Gasteiger partial charge in [0.15, 0.2) is 0 Å². The maximum atomic E-state index is 2.51. The minimum atomic E-state index is 1.18. The predicted octanol–water partition coefficient (Wildman–Crippen LogP) is 5.28. The molecular weight excluding hydrogens is 216 g/mol. The number of aryl methyl sites for hydroxylation is 2. The zero-order chi connectivity index (χ0) is 13.5. The highest BCUT2D eigenvalue weighted by molar-refractivity contribution is 5.46. The van der Waals surface area contributed by atoms with Gasteiger partial charge in [-0.2, -0.15) is 0 Å². The maximum absolute atomic E-state index is 2.51. The molecule has 0 unspecified atom stereocenters. The molecule has 0 amide bonds. The smallest absolute Gasteiger partial charge is 0.0276 e. The first kappa shape index (κ1) is 15.3. The summed E-state index contributed by atoms with van der Waals surface area (Å²) in [5.74, 6) is 0. The lowest BCUT2D eigenvalue weighted by atomic mass is 9.85. The lowest BCUT2D eigenvalue weighted by Crippen LogP contribution is -2.07. The molecule has 0 aliphatic rings. The first-order valence-electron chi connectivity index (χ1n) is 7.88. The van der Waals surface area contributed by atoms with E-state index in [4.69, 9.17) is 0 Å². The van der Waals surface area contributed by atoms with Crippen molar-refractivity contribution in [1.29, 1.82) is 0 Å².